The molecule has 2 aliphatic carbocycles. The molecule has 1 fully saturated rings. The number of esters is 1. The molecular formula is C34H35N3O5. The van der Waals surface area contributed by atoms with Crippen LogP contribution in [0.25, 0.3) is 0 Å². The van der Waals surface area contributed by atoms with Gasteiger partial charge in [0.15, 0.2) is 6.61 Å². The molecule has 8 heteroatoms. The number of carbonyl (C=O) groups is 3. The van der Waals surface area contributed by atoms with Crippen molar-refractivity contribution in [2.75, 3.05) is 19.0 Å². The highest BCUT2D eigenvalue weighted by molar-refractivity contribution is 5.98. The monoisotopic (exact) mass is 565 g/mol. The largest absolute Gasteiger partial charge is 0.469 e. The number of ether oxygens (including phenoxy) is 2. The molecule has 2 unspecified atom stereocenters. The average molecular weight is 566 g/mol. The third-order valence-electron chi connectivity index (χ3n) is 8.66. The molecule has 8 nitrogen and oxygen atoms in total. The summed E-state index contributed by atoms with van der Waals surface area (Å²) >= 11 is 0. The van der Waals surface area contributed by atoms with E-state index in [1.165, 1.54) is 12.1 Å². The fourth-order valence-corrected chi connectivity index (χ4v) is 6.49. The second-order valence-corrected chi connectivity index (χ2v) is 11.3. The predicted octanol–water partition coefficient (Wildman–Crippen LogP) is 5.21. The van der Waals surface area contributed by atoms with Crippen LogP contribution < -0.4 is 5.32 Å². The number of hydrazone groups is 1. The predicted molar refractivity (Wildman–Crippen MR) is 159 cm³/mol. The molecule has 2 amide bonds. The summed E-state index contributed by atoms with van der Waals surface area (Å²) in [6, 6.07) is 23.4. The van der Waals surface area contributed by atoms with Crippen molar-refractivity contribution >= 4 is 29.4 Å². The Balaban J connectivity index is 1.20. The van der Waals surface area contributed by atoms with Crippen LogP contribution in [0.4, 0.5) is 5.69 Å². The molecule has 1 heterocycles. The van der Waals surface area contributed by atoms with Crippen molar-refractivity contribution in [3.05, 3.63) is 101 Å². The summed E-state index contributed by atoms with van der Waals surface area (Å²) in [7, 11) is 1.42. The molecule has 0 radical (unpaired) electrons. The van der Waals surface area contributed by atoms with E-state index >= 15 is 0 Å². The Labute approximate surface area is 245 Å². The van der Waals surface area contributed by atoms with Crippen LogP contribution in [0.15, 0.2) is 77.9 Å². The Hall–Kier alpha value is -4.46. The molecule has 6 rings (SSSR count). The molecular weight excluding hydrogens is 530 g/mol. The van der Waals surface area contributed by atoms with Crippen molar-refractivity contribution in [2.45, 2.75) is 51.0 Å². The number of methoxy groups -OCH3 is 1. The molecule has 0 aromatic heterocycles. The maximum atomic E-state index is 13.9. The fraction of sp³-hybridized carbons (Fsp3) is 0.353. The van der Waals surface area contributed by atoms with Gasteiger partial charge in [0.2, 0.25) is 11.8 Å². The third-order valence-corrected chi connectivity index (χ3v) is 8.66. The lowest BCUT2D eigenvalue weighted by Crippen LogP contribution is -2.36. The fourth-order valence-electron chi connectivity index (χ4n) is 6.49. The maximum Gasteiger partial charge on any atom is 0.309 e. The zero-order chi connectivity index (χ0) is 29.1. The number of hydrogen-bond acceptors (Lipinski definition) is 6. The van der Waals surface area contributed by atoms with E-state index in [1.807, 2.05) is 72.8 Å². The van der Waals surface area contributed by atoms with Gasteiger partial charge in [-0.3, -0.25) is 14.4 Å². The Bertz CT molecular complexity index is 1500. The van der Waals surface area contributed by atoms with Crippen LogP contribution in [0.1, 0.15) is 59.4 Å². The van der Waals surface area contributed by atoms with E-state index in [0.29, 0.717) is 25.3 Å². The first-order valence-corrected chi connectivity index (χ1v) is 14.7. The summed E-state index contributed by atoms with van der Waals surface area (Å²) in [4.78, 5) is 38.6. The summed E-state index contributed by atoms with van der Waals surface area (Å²) in [5.41, 5.74) is 5.59. The Morgan fingerprint density at radius 3 is 2.50 bits per heavy atom. The van der Waals surface area contributed by atoms with Gasteiger partial charge in [0.25, 0.3) is 5.91 Å². The molecule has 1 saturated carbocycles. The molecule has 0 spiro atoms. The van der Waals surface area contributed by atoms with Crippen LogP contribution in [-0.2, 0) is 43.2 Å². The van der Waals surface area contributed by atoms with Crippen molar-refractivity contribution in [1.29, 1.82) is 0 Å². The standard InChI is InChI=1S/C34H35N3O5/c1-41-34(40)27-18-26-12-7-13-29(28(26)19-27)35-32(39)31(23-8-5-6-9-23)24-16-14-22(15-17-24)20-37-30(38)21-42-33(36-37)25-10-3-2-4-11-25/h2-4,7,10-17,23,27,31H,5-6,8-9,18-21H2,1H3,(H,35,39). The minimum Gasteiger partial charge on any atom is -0.469 e. The van der Waals surface area contributed by atoms with Crippen LogP contribution >= 0.6 is 0 Å². The normalized spacial score (nSPS) is 19.1. The van der Waals surface area contributed by atoms with E-state index in [-0.39, 0.29) is 42.1 Å². The molecule has 3 aromatic rings. The topological polar surface area (TPSA) is 97.3 Å². The van der Waals surface area contributed by atoms with Gasteiger partial charge in [-0.1, -0.05) is 67.4 Å². The van der Waals surface area contributed by atoms with Crippen molar-refractivity contribution in [3.8, 4) is 0 Å². The maximum absolute atomic E-state index is 13.9. The highest BCUT2D eigenvalue weighted by atomic mass is 16.5. The SMILES string of the molecule is COC(=O)C1Cc2cccc(NC(=O)C(c3ccc(CN4N=C(c5ccccc5)OCC4=O)cc3)C3CCCC3)c2C1. The Morgan fingerprint density at radius 1 is 1.00 bits per heavy atom. The number of fused-ring (bicyclic) bond motifs is 1. The lowest BCUT2D eigenvalue weighted by Gasteiger charge is -2.25. The number of anilines is 1. The van der Waals surface area contributed by atoms with Crippen molar-refractivity contribution < 1.29 is 23.9 Å². The number of benzene rings is 3. The Morgan fingerprint density at radius 2 is 1.76 bits per heavy atom. The van der Waals surface area contributed by atoms with E-state index in [2.05, 4.69) is 10.4 Å². The molecule has 0 saturated heterocycles. The number of nitrogens with zero attached hydrogens (tertiary/aromatic N) is 2. The number of amides is 2. The number of nitrogens with one attached hydrogen (secondary N) is 1. The minimum absolute atomic E-state index is 0.0231. The van der Waals surface area contributed by atoms with Gasteiger partial charge in [0.05, 0.1) is 25.5 Å². The first-order chi connectivity index (χ1) is 20.5. The van der Waals surface area contributed by atoms with E-state index < -0.39 is 0 Å². The van der Waals surface area contributed by atoms with E-state index in [0.717, 1.165) is 59.2 Å². The summed E-state index contributed by atoms with van der Waals surface area (Å²) in [6.07, 6.45) is 5.45. The number of carbonyl (C=O) groups excluding carboxylic acids is 3. The van der Waals surface area contributed by atoms with Crippen LogP contribution in [-0.4, -0.2) is 42.4 Å². The summed E-state index contributed by atoms with van der Waals surface area (Å²) in [5.74, 6) is -0.259. The van der Waals surface area contributed by atoms with E-state index in [4.69, 9.17) is 9.47 Å². The zero-order valence-corrected chi connectivity index (χ0v) is 23.8. The van der Waals surface area contributed by atoms with Crippen LogP contribution in [0.2, 0.25) is 0 Å². The van der Waals surface area contributed by atoms with Gasteiger partial charge in [-0.25, -0.2) is 5.01 Å². The van der Waals surface area contributed by atoms with E-state index in [9.17, 15) is 14.4 Å². The van der Waals surface area contributed by atoms with Gasteiger partial charge >= 0.3 is 5.97 Å². The van der Waals surface area contributed by atoms with Crippen molar-refractivity contribution in [3.63, 3.8) is 0 Å². The van der Waals surface area contributed by atoms with Gasteiger partial charge in [0, 0.05) is 11.3 Å². The molecule has 3 aromatic carbocycles. The lowest BCUT2D eigenvalue weighted by molar-refractivity contribution is -0.145. The molecule has 3 aliphatic rings. The first kappa shape index (κ1) is 27.7. The minimum atomic E-state index is -0.289. The zero-order valence-electron chi connectivity index (χ0n) is 23.8. The lowest BCUT2D eigenvalue weighted by atomic mass is 9.83. The van der Waals surface area contributed by atoms with Crippen LogP contribution in [0, 0.1) is 11.8 Å². The molecule has 1 N–H and O–H groups in total. The second-order valence-electron chi connectivity index (χ2n) is 11.3. The quantitative estimate of drug-likeness (QED) is 0.379. The van der Waals surface area contributed by atoms with Gasteiger partial charge in [-0.05, 0) is 72.1 Å². The molecule has 1 aliphatic heterocycles. The number of rotatable bonds is 8. The molecule has 2 atom stereocenters. The summed E-state index contributed by atoms with van der Waals surface area (Å²) < 4.78 is 10.5. The highest BCUT2D eigenvalue weighted by Crippen LogP contribution is 2.39. The van der Waals surface area contributed by atoms with Crippen molar-refractivity contribution in [2.24, 2.45) is 16.9 Å². The van der Waals surface area contributed by atoms with E-state index in [1.54, 1.807) is 0 Å². The molecule has 0 bridgehead atoms. The highest BCUT2D eigenvalue weighted by Gasteiger charge is 2.34. The second kappa shape index (κ2) is 12.2. The van der Waals surface area contributed by atoms with Crippen LogP contribution in [0.3, 0.4) is 0 Å². The average Bonchev–Trinajstić information content (AvgIpc) is 3.71. The van der Waals surface area contributed by atoms with Gasteiger partial charge in [-0.15, -0.1) is 5.10 Å². The van der Waals surface area contributed by atoms with Gasteiger partial charge in [0.1, 0.15) is 0 Å². The smallest absolute Gasteiger partial charge is 0.309 e. The third kappa shape index (κ3) is 5.79. The number of hydrogen-bond donors (Lipinski definition) is 1. The van der Waals surface area contributed by atoms with Gasteiger partial charge in [-0.2, -0.15) is 0 Å². The van der Waals surface area contributed by atoms with Gasteiger partial charge < -0.3 is 14.8 Å². The summed E-state index contributed by atoms with van der Waals surface area (Å²) in [6.45, 7) is 0.260. The Kier molecular flexibility index (Phi) is 8.04. The first-order valence-electron chi connectivity index (χ1n) is 14.7. The molecule has 216 valence electrons. The van der Waals surface area contributed by atoms with Crippen molar-refractivity contribution in [1.82, 2.24) is 5.01 Å². The molecule has 42 heavy (non-hydrogen) atoms. The van der Waals surface area contributed by atoms with Crippen LogP contribution in [0.5, 0.6) is 0 Å². The summed E-state index contributed by atoms with van der Waals surface area (Å²) in [5, 5.41) is 9.13.